The Labute approximate surface area is 95.6 Å². The van der Waals surface area contributed by atoms with Crippen LogP contribution in [0.2, 0.25) is 0 Å². The summed E-state index contributed by atoms with van der Waals surface area (Å²) >= 11 is 3.43. The molecule has 3 N–H and O–H groups in total. The first-order valence-electron chi connectivity index (χ1n) is 4.44. The van der Waals surface area contributed by atoms with Gasteiger partial charge in [0.1, 0.15) is 12.0 Å². The Kier molecular flexibility index (Phi) is 2.91. The van der Waals surface area contributed by atoms with Gasteiger partial charge in [-0.1, -0.05) is 5.16 Å². The van der Waals surface area contributed by atoms with Gasteiger partial charge in [0.05, 0.1) is 6.54 Å². The molecule has 0 aliphatic rings. The van der Waals surface area contributed by atoms with E-state index in [1.54, 1.807) is 6.26 Å². The van der Waals surface area contributed by atoms with Crippen LogP contribution in [0.25, 0.3) is 0 Å². The zero-order valence-corrected chi connectivity index (χ0v) is 9.49. The number of rotatable bonds is 3. The summed E-state index contributed by atoms with van der Waals surface area (Å²) in [5.41, 5.74) is 8.20. The Bertz CT molecular complexity index is 442. The topological polar surface area (TPSA) is 64.1 Å². The summed E-state index contributed by atoms with van der Waals surface area (Å²) in [6.07, 6.45) is 1.55. The quantitative estimate of drug-likeness (QED) is 0.840. The van der Waals surface area contributed by atoms with Crippen LogP contribution in [-0.2, 0) is 6.54 Å². The molecule has 0 amide bonds. The summed E-state index contributed by atoms with van der Waals surface area (Å²) in [6, 6.07) is 7.43. The van der Waals surface area contributed by atoms with Gasteiger partial charge < -0.3 is 15.6 Å². The average molecular weight is 268 g/mol. The zero-order chi connectivity index (χ0) is 10.7. The van der Waals surface area contributed by atoms with E-state index in [1.165, 1.54) is 0 Å². The van der Waals surface area contributed by atoms with Gasteiger partial charge in [-0.25, -0.2) is 0 Å². The summed E-state index contributed by atoms with van der Waals surface area (Å²) < 4.78 is 5.67. The number of benzene rings is 1. The highest BCUT2D eigenvalue weighted by molar-refractivity contribution is 9.10. The van der Waals surface area contributed by atoms with Crippen LogP contribution >= 0.6 is 15.9 Å². The summed E-state index contributed by atoms with van der Waals surface area (Å²) in [5, 5.41) is 7.02. The van der Waals surface area contributed by atoms with E-state index in [0.717, 1.165) is 21.5 Å². The number of halogens is 1. The van der Waals surface area contributed by atoms with Crippen molar-refractivity contribution in [1.29, 1.82) is 0 Å². The largest absolute Gasteiger partial charge is 0.399 e. The molecule has 2 aromatic rings. The molecule has 0 atom stereocenters. The number of nitrogens with one attached hydrogen (secondary N) is 1. The van der Waals surface area contributed by atoms with Crippen molar-refractivity contribution in [3.05, 3.63) is 40.7 Å². The lowest BCUT2D eigenvalue weighted by atomic mass is 10.3. The number of hydrogen-bond donors (Lipinski definition) is 2. The van der Waals surface area contributed by atoms with E-state index in [2.05, 4.69) is 26.4 Å². The van der Waals surface area contributed by atoms with Crippen LogP contribution in [-0.4, -0.2) is 5.16 Å². The molecule has 0 aliphatic heterocycles. The maximum absolute atomic E-state index is 5.63. The summed E-state index contributed by atoms with van der Waals surface area (Å²) in [6.45, 7) is 0.624. The lowest BCUT2D eigenvalue weighted by Crippen LogP contribution is -2.00. The Morgan fingerprint density at radius 2 is 2.27 bits per heavy atom. The van der Waals surface area contributed by atoms with Crippen molar-refractivity contribution < 1.29 is 4.52 Å². The fourth-order valence-electron chi connectivity index (χ4n) is 1.19. The lowest BCUT2D eigenvalue weighted by Gasteiger charge is -2.07. The van der Waals surface area contributed by atoms with Gasteiger partial charge in [0.25, 0.3) is 0 Å². The highest BCUT2D eigenvalue weighted by Gasteiger charge is 2.01. The standard InChI is InChI=1S/C10H10BrN3O/c11-9-5-7(12)1-2-10(9)13-6-8-3-4-15-14-8/h1-5,13H,6,12H2. The third-order valence-electron chi connectivity index (χ3n) is 1.94. The van der Waals surface area contributed by atoms with Gasteiger partial charge in [-0.2, -0.15) is 0 Å². The van der Waals surface area contributed by atoms with E-state index in [9.17, 15) is 0 Å². The molecule has 0 aliphatic carbocycles. The molecule has 0 radical (unpaired) electrons. The van der Waals surface area contributed by atoms with Crippen LogP contribution in [0.15, 0.2) is 39.5 Å². The second-order valence-electron chi connectivity index (χ2n) is 3.08. The highest BCUT2D eigenvalue weighted by atomic mass is 79.9. The Morgan fingerprint density at radius 1 is 1.40 bits per heavy atom. The summed E-state index contributed by atoms with van der Waals surface area (Å²) in [7, 11) is 0. The number of hydrogen-bond acceptors (Lipinski definition) is 4. The first-order chi connectivity index (χ1) is 7.25. The third kappa shape index (κ3) is 2.50. The molecule has 4 nitrogen and oxygen atoms in total. The van der Waals surface area contributed by atoms with E-state index in [-0.39, 0.29) is 0 Å². The molecule has 0 saturated heterocycles. The van der Waals surface area contributed by atoms with E-state index >= 15 is 0 Å². The Morgan fingerprint density at radius 3 is 2.93 bits per heavy atom. The number of anilines is 2. The molecular weight excluding hydrogens is 258 g/mol. The summed E-state index contributed by atoms with van der Waals surface area (Å²) in [4.78, 5) is 0. The van der Waals surface area contributed by atoms with Crippen molar-refractivity contribution in [3.8, 4) is 0 Å². The minimum Gasteiger partial charge on any atom is -0.399 e. The fourth-order valence-corrected chi connectivity index (χ4v) is 1.73. The van der Waals surface area contributed by atoms with Crippen LogP contribution in [0.4, 0.5) is 11.4 Å². The molecule has 78 valence electrons. The zero-order valence-electron chi connectivity index (χ0n) is 7.90. The second-order valence-corrected chi connectivity index (χ2v) is 3.94. The third-order valence-corrected chi connectivity index (χ3v) is 2.60. The lowest BCUT2D eigenvalue weighted by molar-refractivity contribution is 0.412. The van der Waals surface area contributed by atoms with Gasteiger partial charge in [-0.3, -0.25) is 0 Å². The van der Waals surface area contributed by atoms with Crippen molar-refractivity contribution in [1.82, 2.24) is 5.16 Å². The van der Waals surface area contributed by atoms with Crippen LogP contribution in [0.5, 0.6) is 0 Å². The number of nitrogens with zero attached hydrogens (tertiary/aromatic N) is 1. The molecule has 15 heavy (non-hydrogen) atoms. The maximum atomic E-state index is 5.63. The van der Waals surface area contributed by atoms with E-state index in [4.69, 9.17) is 10.3 Å². The first-order valence-corrected chi connectivity index (χ1v) is 5.23. The molecule has 1 heterocycles. The molecule has 0 saturated carbocycles. The van der Waals surface area contributed by atoms with Crippen LogP contribution in [0.1, 0.15) is 5.69 Å². The van der Waals surface area contributed by atoms with Crippen molar-refractivity contribution in [2.75, 3.05) is 11.1 Å². The predicted molar refractivity (Wildman–Crippen MR) is 62.4 cm³/mol. The Hall–Kier alpha value is -1.49. The molecule has 0 unspecified atom stereocenters. The number of nitrogen functional groups attached to an aromatic ring is 1. The van der Waals surface area contributed by atoms with Gasteiger partial charge in [-0.15, -0.1) is 0 Å². The number of nitrogens with two attached hydrogens (primary N) is 1. The van der Waals surface area contributed by atoms with Crippen LogP contribution in [0, 0.1) is 0 Å². The normalized spacial score (nSPS) is 10.2. The average Bonchev–Trinajstić information content (AvgIpc) is 2.69. The van der Waals surface area contributed by atoms with Crippen molar-refractivity contribution in [3.63, 3.8) is 0 Å². The minimum absolute atomic E-state index is 0.624. The first kappa shape index (κ1) is 10.0. The van der Waals surface area contributed by atoms with Gasteiger partial charge in [-0.05, 0) is 34.1 Å². The monoisotopic (exact) mass is 267 g/mol. The maximum Gasteiger partial charge on any atom is 0.124 e. The van der Waals surface area contributed by atoms with Crippen LogP contribution in [0.3, 0.4) is 0 Å². The van der Waals surface area contributed by atoms with Crippen molar-refractivity contribution in [2.45, 2.75) is 6.54 Å². The highest BCUT2D eigenvalue weighted by Crippen LogP contribution is 2.24. The summed E-state index contributed by atoms with van der Waals surface area (Å²) in [5.74, 6) is 0. The molecule has 1 aromatic carbocycles. The number of aromatic nitrogens is 1. The fraction of sp³-hybridized carbons (Fsp3) is 0.100. The molecule has 5 heteroatoms. The van der Waals surface area contributed by atoms with Gasteiger partial charge in [0.2, 0.25) is 0 Å². The molecular formula is C10H10BrN3O. The minimum atomic E-state index is 0.624. The smallest absolute Gasteiger partial charge is 0.124 e. The van der Waals surface area contributed by atoms with E-state index in [0.29, 0.717) is 6.54 Å². The molecule has 0 spiro atoms. The SMILES string of the molecule is Nc1ccc(NCc2ccon2)c(Br)c1. The van der Waals surface area contributed by atoms with E-state index < -0.39 is 0 Å². The van der Waals surface area contributed by atoms with Gasteiger partial charge >= 0.3 is 0 Å². The molecule has 1 aromatic heterocycles. The predicted octanol–water partition coefficient (Wildman–Crippen LogP) is 2.63. The van der Waals surface area contributed by atoms with Gasteiger partial charge in [0, 0.05) is 21.9 Å². The van der Waals surface area contributed by atoms with Gasteiger partial charge in [0.15, 0.2) is 0 Å². The van der Waals surface area contributed by atoms with E-state index in [1.807, 2.05) is 24.3 Å². The van der Waals surface area contributed by atoms with Crippen LogP contribution < -0.4 is 11.1 Å². The second kappa shape index (κ2) is 4.35. The molecule has 0 fully saturated rings. The molecule has 0 bridgehead atoms. The molecule has 2 rings (SSSR count). The van der Waals surface area contributed by atoms with Crippen molar-refractivity contribution in [2.24, 2.45) is 0 Å². The van der Waals surface area contributed by atoms with Crippen molar-refractivity contribution >= 4 is 27.3 Å². The Balaban J connectivity index is 2.05.